The van der Waals surface area contributed by atoms with Gasteiger partial charge in [-0.05, 0) is 12.1 Å². The molecule has 0 aliphatic heterocycles. The number of carbonyl (C=O) groups is 3. The van der Waals surface area contributed by atoms with Crippen molar-refractivity contribution in [2.24, 2.45) is 5.73 Å². The summed E-state index contributed by atoms with van der Waals surface area (Å²) in [6.45, 7) is 0. The molecule has 7 nitrogen and oxygen atoms in total. The Morgan fingerprint density at radius 2 is 1.64 bits per heavy atom. The van der Waals surface area contributed by atoms with Gasteiger partial charge in [0.1, 0.15) is 12.1 Å². The fourth-order valence-electron chi connectivity index (χ4n) is 1.31. The lowest BCUT2D eigenvalue weighted by atomic mass is 10.2. The van der Waals surface area contributed by atoms with Gasteiger partial charge >= 0.3 is 11.9 Å². The van der Waals surface area contributed by atoms with Gasteiger partial charge in [-0.25, -0.2) is 4.79 Å². The molecule has 0 saturated heterocycles. The molecule has 0 heterocycles. The molecule has 1 amide bonds. The molecule has 1 unspecified atom stereocenters. The quantitative estimate of drug-likeness (QED) is 0.380. The summed E-state index contributed by atoms with van der Waals surface area (Å²) in [4.78, 5) is 33.6. The number of benzene rings is 1. The highest BCUT2D eigenvalue weighted by Crippen LogP contribution is 2.22. The maximum absolute atomic E-state index is 11.9. The molecule has 0 aliphatic rings. The number of carbonyl (C=O) groups excluding carboxylic acids is 1. The predicted molar refractivity (Wildman–Crippen MR) is 85.9 cm³/mol. The molecule has 120 valence electrons. The number of nitrogens with two attached hydrogens (primary N) is 1. The Balaban J connectivity index is 2.44. The van der Waals surface area contributed by atoms with Crippen LogP contribution in [0.25, 0.3) is 0 Å². The van der Waals surface area contributed by atoms with Crippen molar-refractivity contribution in [1.82, 2.24) is 5.32 Å². The van der Waals surface area contributed by atoms with E-state index in [0.29, 0.717) is 5.56 Å². The second kappa shape index (κ2) is 9.34. The van der Waals surface area contributed by atoms with E-state index in [9.17, 15) is 14.4 Å². The monoisotopic (exact) mass is 344 g/mol. The first-order valence-corrected chi connectivity index (χ1v) is 8.72. The Morgan fingerprint density at radius 1 is 1.05 bits per heavy atom. The van der Waals surface area contributed by atoms with E-state index in [1.165, 1.54) is 0 Å². The van der Waals surface area contributed by atoms with Gasteiger partial charge in [0.05, 0.1) is 0 Å². The standard InChI is InChI=1S/C13H16N2O5S2/c14-9(12(17)18)6-21-22-7-10(13(19)20)15-11(16)8-4-2-1-3-5-8/h1-5,9-10H,6-7,14H2,(H,15,16)(H,17,18)(H,19,20)/t9?,10-/m0/s1. The number of carboxylic acids is 2. The lowest BCUT2D eigenvalue weighted by molar-refractivity contribution is -0.139. The van der Waals surface area contributed by atoms with Crippen LogP contribution in [-0.2, 0) is 9.59 Å². The van der Waals surface area contributed by atoms with Crippen molar-refractivity contribution in [2.75, 3.05) is 11.5 Å². The first-order chi connectivity index (χ1) is 10.4. The normalized spacial score (nSPS) is 13.1. The zero-order valence-electron chi connectivity index (χ0n) is 11.5. The summed E-state index contributed by atoms with van der Waals surface area (Å²) in [6.07, 6.45) is 0. The smallest absolute Gasteiger partial charge is 0.327 e. The van der Waals surface area contributed by atoms with Gasteiger partial charge < -0.3 is 21.3 Å². The van der Waals surface area contributed by atoms with Crippen molar-refractivity contribution in [3.8, 4) is 0 Å². The molecule has 5 N–H and O–H groups in total. The van der Waals surface area contributed by atoms with Crippen molar-refractivity contribution >= 4 is 39.4 Å². The topological polar surface area (TPSA) is 130 Å². The van der Waals surface area contributed by atoms with E-state index in [1.807, 2.05) is 0 Å². The number of nitrogens with one attached hydrogen (secondary N) is 1. The van der Waals surface area contributed by atoms with E-state index in [1.54, 1.807) is 30.3 Å². The maximum atomic E-state index is 11.9. The van der Waals surface area contributed by atoms with Crippen molar-refractivity contribution < 1.29 is 24.6 Å². The third kappa shape index (κ3) is 6.37. The molecular weight excluding hydrogens is 328 g/mol. The molecule has 0 spiro atoms. The van der Waals surface area contributed by atoms with E-state index in [2.05, 4.69) is 5.32 Å². The summed E-state index contributed by atoms with van der Waals surface area (Å²) in [7, 11) is 2.30. The fourth-order valence-corrected chi connectivity index (χ4v) is 3.58. The Kier molecular flexibility index (Phi) is 7.78. The Labute approximate surface area is 135 Å². The van der Waals surface area contributed by atoms with E-state index in [-0.39, 0.29) is 11.5 Å². The second-order valence-corrected chi connectivity index (χ2v) is 6.80. The summed E-state index contributed by atoms with van der Waals surface area (Å²) in [5, 5.41) is 20.2. The number of rotatable bonds is 9. The van der Waals surface area contributed by atoms with E-state index in [4.69, 9.17) is 15.9 Å². The zero-order valence-corrected chi connectivity index (χ0v) is 13.1. The van der Waals surface area contributed by atoms with Crippen molar-refractivity contribution in [3.05, 3.63) is 35.9 Å². The third-order valence-corrected chi connectivity index (χ3v) is 4.97. The van der Waals surface area contributed by atoms with E-state index < -0.39 is 29.9 Å². The highest BCUT2D eigenvalue weighted by atomic mass is 33.1. The van der Waals surface area contributed by atoms with E-state index in [0.717, 1.165) is 21.6 Å². The van der Waals surface area contributed by atoms with Crippen LogP contribution in [0.15, 0.2) is 30.3 Å². The lowest BCUT2D eigenvalue weighted by Crippen LogP contribution is -2.42. The van der Waals surface area contributed by atoms with Crippen LogP contribution >= 0.6 is 21.6 Å². The van der Waals surface area contributed by atoms with Gasteiger partial charge in [-0.15, -0.1) is 0 Å². The first kappa shape index (κ1) is 18.3. The average Bonchev–Trinajstić information content (AvgIpc) is 2.50. The van der Waals surface area contributed by atoms with Crippen LogP contribution in [-0.4, -0.2) is 51.6 Å². The molecule has 1 rings (SSSR count). The Bertz CT molecular complexity index is 526. The molecule has 2 atom stereocenters. The molecule has 1 aromatic rings. The van der Waals surface area contributed by atoms with E-state index >= 15 is 0 Å². The zero-order chi connectivity index (χ0) is 16.5. The minimum Gasteiger partial charge on any atom is -0.480 e. The van der Waals surface area contributed by atoms with Gasteiger partial charge in [0.15, 0.2) is 0 Å². The lowest BCUT2D eigenvalue weighted by Gasteiger charge is -2.14. The molecule has 1 aromatic carbocycles. The molecular formula is C13H16N2O5S2. The minimum absolute atomic E-state index is 0.102. The predicted octanol–water partition coefficient (Wildman–Crippen LogP) is 0.663. The van der Waals surface area contributed by atoms with Gasteiger partial charge in [0.2, 0.25) is 0 Å². The van der Waals surface area contributed by atoms with Gasteiger partial charge in [0, 0.05) is 17.1 Å². The number of aliphatic carboxylic acids is 2. The molecule has 0 aliphatic carbocycles. The minimum atomic E-state index is -1.15. The number of hydrogen-bond donors (Lipinski definition) is 4. The maximum Gasteiger partial charge on any atom is 0.327 e. The van der Waals surface area contributed by atoms with Gasteiger partial charge in [-0.3, -0.25) is 9.59 Å². The average molecular weight is 344 g/mol. The van der Waals surface area contributed by atoms with Gasteiger partial charge in [-0.2, -0.15) is 0 Å². The summed E-state index contributed by atoms with van der Waals surface area (Å²) >= 11 is 0. The summed E-state index contributed by atoms with van der Waals surface area (Å²) < 4.78 is 0. The molecule has 0 aromatic heterocycles. The van der Waals surface area contributed by atoms with Crippen LogP contribution in [0.1, 0.15) is 10.4 Å². The highest BCUT2D eigenvalue weighted by Gasteiger charge is 2.21. The molecule has 9 heteroatoms. The van der Waals surface area contributed by atoms with Gasteiger partial charge in [-0.1, -0.05) is 39.8 Å². The van der Waals surface area contributed by atoms with Crippen LogP contribution in [0.3, 0.4) is 0 Å². The molecule has 0 bridgehead atoms. The number of carboxylic acid groups (broad SMARTS) is 2. The Hall–Kier alpha value is -1.71. The largest absolute Gasteiger partial charge is 0.480 e. The molecule has 22 heavy (non-hydrogen) atoms. The highest BCUT2D eigenvalue weighted by molar-refractivity contribution is 8.76. The Morgan fingerprint density at radius 3 is 2.18 bits per heavy atom. The summed E-state index contributed by atoms with van der Waals surface area (Å²) in [5.74, 6) is -2.48. The second-order valence-electron chi connectivity index (χ2n) is 4.24. The molecule has 0 radical (unpaired) electrons. The van der Waals surface area contributed by atoms with Crippen LogP contribution in [0.4, 0.5) is 0 Å². The van der Waals surface area contributed by atoms with Gasteiger partial charge in [0.25, 0.3) is 5.91 Å². The third-order valence-electron chi connectivity index (χ3n) is 2.52. The summed E-state index contributed by atoms with van der Waals surface area (Å²) in [6, 6.07) is 6.23. The van der Waals surface area contributed by atoms with Crippen LogP contribution in [0.2, 0.25) is 0 Å². The SMILES string of the molecule is NC(CSSC[C@H](NC(=O)c1ccccc1)C(=O)O)C(=O)O. The van der Waals surface area contributed by atoms with Crippen LogP contribution in [0, 0.1) is 0 Å². The number of amides is 1. The number of hydrogen-bond acceptors (Lipinski definition) is 6. The molecule has 0 fully saturated rings. The van der Waals surface area contributed by atoms with Crippen molar-refractivity contribution in [2.45, 2.75) is 12.1 Å². The summed E-state index contributed by atoms with van der Waals surface area (Å²) in [5.41, 5.74) is 5.70. The van der Waals surface area contributed by atoms with Crippen LogP contribution < -0.4 is 11.1 Å². The van der Waals surface area contributed by atoms with Crippen molar-refractivity contribution in [3.63, 3.8) is 0 Å². The fraction of sp³-hybridized carbons (Fsp3) is 0.308. The molecule has 0 saturated carbocycles. The van der Waals surface area contributed by atoms with Crippen LogP contribution in [0.5, 0.6) is 0 Å². The first-order valence-electron chi connectivity index (χ1n) is 6.23. The van der Waals surface area contributed by atoms with Crippen molar-refractivity contribution in [1.29, 1.82) is 0 Å².